The van der Waals surface area contributed by atoms with Gasteiger partial charge in [-0.25, -0.2) is 0 Å². The fourth-order valence-corrected chi connectivity index (χ4v) is 1.03. The third kappa shape index (κ3) is 34.8. The van der Waals surface area contributed by atoms with Gasteiger partial charge < -0.3 is 15.3 Å². The first-order valence-corrected chi connectivity index (χ1v) is 11.7. The van der Waals surface area contributed by atoms with Gasteiger partial charge in [0.05, 0.1) is 13.3 Å². The summed E-state index contributed by atoms with van der Waals surface area (Å²) in [5.41, 5.74) is 1.34. The number of benzene rings is 1. The summed E-state index contributed by atoms with van der Waals surface area (Å²) in [6, 6.07) is 8.61. The Morgan fingerprint density at radius 3 is 1.17 bits per heavy atom. The number of alkyl halides is 3. The summed E-state index contributed by atoms with van der Waals surface area (Å²) in [4.78, 5) is 28.1. The molecule has 0 aliphatic heterocycles. The van der Waals surface area contributed by atoms with Gasteiger partial charge in [-0.2, -0.15) is 0 Å². The molecule has 0 spiro atoms. The molecule has 3 radical (unpaired) electrons. The van der Waals surface area contributed by atoms with Crippen molar-refractivity contribution in [1.82, 2.24) is 0 Å². The van der Waals surface area contributed by atoms with E-state index in [0.29, 0.717) is 0 Å². The number of rotatable bonds is 3. The predicted molar refractivity (Wildman–Crippen MR) is 116 cm³/mol. The molecule has 0 unspecified atom stereocenters. The zero-order valence-electron chi connectivity index (χ0n) is 12.1. The van der Waals surface area contributed by atoms with Crippen molar-refractivity contribution in [3.05, 3.63) is 29.8 Å². The van der Waals surface area contributed by atoms with Crippen molar-refractivity contribution in [2.24, 2.45) is 0 Å². The quantitative estimate of drug-likeness (QED) is 0.248. The second-order valence-corrected chi connectivity index (χ2v) is 7.38. The van der Waals surface area contributed by atoms with Crippen LogP contribution in [0.2, 0.25) is 0 Å². The van der Waals surface area contributed by atoms with E-state index in [-0.39, 0.29) is 13.3 Å². The Hall–Kier alpha value is 0.619. The van der Waals surface area contributed by atoms with Crippen LogP contribution in [0.4, 0.5) is 0 Å². The molecule has 0 aliphatic carbocycles. The zero-order valence-corrected chi connectivity index (χ0v) is 21.5. The summed E-state index contributed by atoms with van der Waals surface area (Å²) in [6.45, 7) is 2.11. The number of halogens is 3. The van der Waals surface area contributed by atoms with E-state index < -0.39 is 17.9 Å². The normalized spacial score (nSPS) is 8.04. The third-order valence-electron chi connectivity index (χ3n) is 1.39. The maximum absolute atomic E-state index is 9.36. The zero-order chi connectivity index (χ0) is 18.8. The first-order valence-electron chi connectivity index (χ1n) is 5.72. The molecule has 129 valence electrons. The fourth-order valence-electron chi connectivity index (χ4n) is 0.554. The monoisotopic (exact) mass is 769 g/mol. The first-order chi connectivity index (χ1) is 10.6. The Morgan fingerprint density at radius 1 is 0.826 bits per heavy atom. The fraction of sp³-hybridized carbons (Fsp3) is 0.308. The minimum Gasteiger partial charge on any atom is -0.481 e. The molecule has 0 heterocycles. The van der Waals surface area contributed by atoms with Crippen LogP contribution < -0.4 is 3.58 Å². The van der Waals surface area contributed by atoms with Gasteiger partial charge in [-0.15, -0.1) is 0 Å². The molecule has 6 nitrogen and oxygen atoms in total. The Balaban J connectivity index is -0.000000240. The molecule has 0 aromatic heterocycles. The number of hydrogen-bond acceptors (Lipinski definition) is 3. The van der Waals surface area contributed by atoms with Gasteiger partial charge in [0.15, 0.2) is 0 Å². The molecular weight excluding hydrogens is 752 g/mol. The van der Waals surface area contributed by atoms with Crippen molar-refractivity contribution in [3.63, 3.8) is 0 Å². The van der Waals surface area contributed by atoms with E-state index in [1.165, 1.54) is 31.7 Å². The van der Waals surface area contributed by atoms with E-state index in [1.807, 2.05) is 0 Å². The molecule has 23 heavy (non-hydrogen) atoms. The van der Waals surface area contributed by atoms with Gasteiger partial charge in [0.25, 0.3) is 0 Å². The first kappa shape index (κ1) is 28.4. The summed E-state index contributed by atoms with van der Waals surface area (Å²) in [6.07, 6.45) is 0. The summed E-state index contributed by atoms with van der Waals surface area (Å²) >= 11 is 6.83. The van der Waals surface area contributed by atoms with Crippen LogP contribution in [0.25, 0.3) is 0 Å². The summed E-state index contributed by atoms with van der Waals surface area (Å²) < 4.78 is 2.00. The number of carbonyl (C=O) groups is 3. The van der Waals surface area contributed by atoms with Gasteiger partial charge in [-0.1, -0.05) is 67.8 Å². The van der Waals surface area contributed by atoms with Gasteiger partial charge in [0.2, 0.25) is 0 Å². The molecule has 0 saturated carbocycles. The summed E-state index contributed by atoms with van der Waals surface area (Å²) in [7, 11) is 0. The minimum absolute atomic E-state index is 0.192. The van der Waals surface area contributed by atoms with E-state index >= 15 is 0 Å². The summed E-state index contributed by atoms with van der Waals surface area (Å²) in [5.74, 6) is -2.28. The van der Waals surface area contributed by atoms with Crippen LogP contribution in [0, 0.1) is 6.92 Å². The molecule has 0 atom stereocenters. The van der Waals surface area contributed by atoms with Crippen molar-refractivity contribution in [1.29, 1.82) is 0 Å². The SMILES string of the molecule is Cc1cc[c]([Sn])cc1.O=C(O)CI.O=C(O)CI.O=C(O)CI. The number of aryl methyl sites for hydroxylation is 1. The van der Waals surface area contributed by atoms with Gasteiger partial charge in [0, 0.05) is 0 Å². The van der Waals surface area contributed by atoms with Crippen LogP contribution in [-0.4, -0.2) is 69.0 Å². The van der Waals surface area contributed by atoms with E-state index in [0.717, 1.165) is 0 Å². The number of aliphatic carboxylic acids is 3. The molecule has 0 amide bonds. The second kappa shape index (κ2) is 20.7. The number of hydrogen-bond donors (Lipinski definition) is 3. The second-order valence-electron chi connectivity index (χ2n) is 3.45. The minimum atomic E-state index is -0.759. The number of carboxylic acid groups (broad SMARTS) is 3. The molecule has 1 aromatic rings. The van der Waals surface area contributed by atoms with Gasteiger partial charge in [0.1, 0.15) is 0 Å². The Labute approximate surface area is 189 Å². The van der Waals surface area contributed by atoms with Crippen LogP contribution >= 0.6 is 67.8 Å². The van der Waals surface area contributed by atoms with E-state index in [9.17, 15) is 14.4 Å². The van der Waals surface area contributed by atoms with Gasteiger partial charge >= 0.3 is 80.8 Å². The molecule has 10 heteroatoms. The molecular formula is C13H16I3O6Sn. The van der Waals surface area contributed by atoms with Crippen LogP contribution in [0.15, 0.2) is 24.3 Å². The molecule has 0 fully saturated rings. The molecule has 0 saturated heterocycles. The van der Waals surface area contributed by atoms with Crippen molar-refractivity contribution in [2.75, 3.05) is 13.3 Å². The standard InChI is InChI=1S/C7H7.3C2H3IO2.Sn/c1-7-5-3-2-4-6-7;3*3-1-2(4)5;/h3-6H,1H3;3*1H2,(H,4,5);. The molecule has 0 aliphatic rings. The smallest absolute Gasteiger partial charge is 0.313 e. The Kier molecular flexibility index (Phi) is 25.5. The predicted octanol–water partition coefficient (Wildman–Crippen LogP) is 2.31. The maximum Gasteiger partial charge on any atom is 0.313 e. The van der Waals surface area contributed by atoms with Crippen molar-refractivity contribution >= 4 is 112 Å². The average molecular weight is 768 g/mol. The molecule has 0 bridgehead atoms. The third-order valence-corrected chi connectivity index (χ3v) is 4.30. The topological polar surface area (TPSA) is 112 Å². The van der Waals surface area contributed by atoms with E-state index in [1.54, 1.807) is 67.8 Å². The van der Waals surface area contributed by atoms with Crippen molar-refractivity contribution < 1.29 is 29.7 Å². The van der Waals surface area contributed by atoms with Crippen LogP contribution in [0.5, 0.6) is 0 Å². The number of carboxylic acids is 3. The molecule has 1 rings (SSSR count). The Morgan fingerprint density at radius 2 is 1.04 bits per heavy atom. The Bertz CT molecular complexity index is 399. The molecule has 1 aromatic carbocycles. The van der Waals surface area contributed by atoms with Crippen LogP contribution in [-0.2, 0) is 14.4 Å². The van der Waals surface area contributed by atoms with Crippen LogP contribution in [0.3, 0.4) is 0 Å². The van der Waals surface area contributed by atoms with Gasteiger partial charge in [-0.05, 0) is 0 Å². The van der Waals surface area contributed by atoms with Crippen LogP contribution in [0.1, 0.15) is 5.56 Å². The maximum atomic E-state index is 9.36. The van der Waals surface area contributed by atoms with Crippen molar-refractivity contribution in [2.45, 2.75) is 6.92 Å². The van der Waals surface area contributed by atoms with E-state index in [4.69, 9.17) is 15.3 Å². The largest absolute Gasteiger partial charge is 0.481 e. The van der Waals surface area contributed by atoms with E-state index in [2.05, 4.69) is 31.2 Å². The van der Waals surface area contributed by atoms with Gasteiger partial charge in [-0.3, -0.25) is 14.4 Å². The summed E-state index contributed by atoms with van der Waals surface area (Å²) in [5, 5.41) is 23.1. The molecule has 3 N–H and O–H groups in total. The van der Waals surface area contributed by atoms with Crippen molar-refractivity contribution in [3.8, 4) is 0 Å². The average Bonchev–Trinajstić information content (AvgIpc) is 2.51.